The molecular weight excluding hydrogens is 556 g/mol. The Morgan fingerprint density at radius 2 is 1.86 bits per heavy atom. The minimum Gasteiger partial charge on any atom is -0.494 e. The molecule has 0 radical (unpaired) electrons. The van der Waals surface area contributed by atoms with Crippen molar-refractivity contribution in [2.24, 2.45) is 4.99 Å². The van der Waals surface area contributed by atoms with Gasteiger partial charge in [-0.3, -0.25) is 9.36 Å². The quantitative estimate of drug-likeness (QED) is 0.277. The maximum absolute atomic E-state index is 13.9. The molecule has 3 heterocycles. The molecule has 0 bridgehead atoms. The van der Waals surface area contributed by atoms with Crippen molar-refractivity contribution >= 4 is 29.4 Å². The molecule has 1 aliphatic rings. The van der Waals surface area contributed by atoms with Crippen LogP contribution in [-0.4, -0.2) is 36.3 Å². The second kappa shape index (κ2) is 12.0. The van der Waals surface area contributed by atoms with Crippen molar-refractivity contribution in [1.29, 1.82) is 0 Å². The number of hydrogen-bond donors (Lipinski definition) is 0. The van der Waals surface area contributed by atoms with Crippen LogP contribution >= 0.6 is 11.3 Å². The van der Waals surface area contributed by atoms with E-state index >= 15 is 0 Å². The Kier molecular flexibility index (Phi) is 8.26. The lowest BCUT2D eigenvalue weighted by Crippen LogP contribution is -2.40. The number of furan rings is 1. The van der Waals surface area contributed by atoms with E-state index in [1.807, 2.05) is 37.3 Å². The Morgan fingerprint density at radius 3 is 2.55 bits per heavy atom. The van der Waals surface area contributed by atoms with Crippen molar-refractivity contribution in [2.75, 3.05) is 13.7 Å². The van der Waals surface area contributed by atoms with Crippen molar-refractivity contribution < 1.29 is 28.2 Å². The molecule has 0 amide bonds. The van der Waals surface area contributed by atoms with E-state index in [2.05, 4.69) is 4.99 Å². The fraction of sp³-hybridized carbons (Fsp3) is 0.250. The predicted octanol–water partition coefficient (Wildman–Crippen LogP) is 4.63. The predicted molar refractivity (Wildman–Crippen MR) is 158 cm³/mol. The number of fused-ring (bicyclic) bond motifs is 1. The number of esters is 2. The second-order valence-electron chi connectivity index (χ2n) is 9.81. The zero-order valence-corrected chi connectivity index (χ0v) is 24.7. The Bertz CT molecular complexity index is 1860. The molecule has 0 saturated heterocycles. The number of rotatable bonds is 8. The van der Waals surface area contributed by atoms with Crippen LogP contribution in [0.4, 0.5) is 0 Å². The molecule has 0 saturated carbocycles. The average Bonchev–Trinajstić information content (AvgIpc) is 3.56. The summed E-state index contributed by atoms with van der Waals surface area (Å²) in [5, 5.41) is 0. The summed E-state index contributed by atoms with van der Waals surface area (Å²) < 4.78 is 23.9. The smallest absolute Gasteiger partial charge is 0.338 e. The Morgan fingerprint density at radius 1 is 1.10 bits per heavy atom. The van der Waals surface area contributed by atoms with E-state index in [0.29, 0.717) is 55.6 Å². The Hall–Kier alpha value is -4.70. The zero-order chi connectivity index (χ0) is 30.0. The molecule has 10 heteroatoms. The van der Waals surface area contributed by atoms with E-state index in [-0.39, 0.29) is 11.7 Å². The van der Waals surface area contributed by atoms with E-state index in [1.165, 1.54) is 23.0 Å². The van der Waals surface area contributed by atoms with Crippen LogP contribution in [0.3, 0.4) is 0 Å². The molecule has 2 aromatic heterocycles. The van der Waals surface area contributed by atoms with Crippen LogP contribution in [0.1, 0.15) is 55.4 Å². The molecule has 1 aliphatic heterocycles. The highest BCUT2D eigenvalue weighted by Gasteiger charge is 2.33. The summed E-state index contributed by atoms with van der Waals surface area (Å²) in [5.41, 5.74) is 2.29. The fourth-order valence-electron chi connectivity index (χ4n) is 4.72. The van der Waals surface area contributed by atoms with Gasteiger partial charge in [0, 0.05) is 11.6 Å². The molecule has 0 unspecified atom stereocenters. The summed E-state index contributed by atoms with van der Waals surface area (Å²) in [6, 6.07) is 17.0. The summed E-state index contributed by atoms with van der Waals surface area (Å²) in [6.07, 6.45) is 1.31. The SMILES string of the molecule is CCOc1ccc([C@@H]2C(C(=O)OC(C)C)=C(C)N=c3s/c(=C/c4ccc(-c5cccc(C(=O)OC)c5)o4)c(=O)n32)cc1. The molecule has 216 valence electrons. The van der Waals surface area contributed by atoms with Crippen LogP contribution in [0.2, 0.25) is 0 Å². The van der Waals surface area contributed by atoms with Gasteiger partial charge in [-0.25, -0.2) is 14.6 Å². The number of aromatic nitrogens is 1. The lowest BCUT2D eigenvalue weighted by molar-refractivity contribution is -0.143. The molecule has 9 nitrogen and oxygen atoms in total. The largest absolute Gasteiger partial charge is 0.494 e. The van der Waals surface area contributed by atoms with Crippen LogP contribution < -0.4 is 19.6 Å². The van der Waals surface area contributed by atoms with Gasteiger partial charge in [-0.2, -0.15) is 0 Å². The van der Waals surface area contributed by atoms with Gasteiger partial charge >= 0.3 is 11.9 Å². The van der Waals surface area contributed by atoms with Gasteiger partial charge in [-0.1, -0.05) is 35.6 Å². The molecule has 2 aromatic carbocycles. The van der Waals surface area contributed by atoms with Gasteiger partial charge in [0.15, 0.2) is 4.80 Å². The highest BCUT2D eigenvalue weighted by molar-refractivity contribution is 7.07. The maximum Gasteiger partial charge on any atom is 0.338 e. The van der Waals surface area contributed by atoms with Crippen molar-refractivity contribution in [2.45, 2.75) is 39.8 Å². The number of benzene rings is 2. The first-order valence-corrected chi connectivity index (χ1v) is 14.3. The summed E-state index contributed by atoms with van der Waals surface area (Å²) in [4.78, 5) is 44.2. The number of thiazole rings is 1. The molecule has 42 heavy (non-hydrogen) atoms. The molecule has 1 atom stereocenters. The number of allylic oxidation sites excluding steroid dienone is 1. The minimum atomic E-state index is -0.737. The van der Waals surface area contributed by atoms with Gasteiger partial charge in [0.05, 0.1) is 47.2 Å². The normalized spacial score (nSPS) is 14.9. The van der Waals surface area contributed by atoms with Gasteiger partial charge in [0.2, 0.25) is 0 Å². The third-order valence-electron chi connectivity index (χ3n) is 6.56. The summed E-state index contributed by atoms with van der Waals surface area (Å²) in [6.45, 7) is 7.72. The standard InChI is InChI=1S/C32H30N2O7S/c1-6-39-23-12-10-20(11-13-23)28-27(31(37)40-18(2)3)19(4)33-32-34(28)29(35)26(42-32)17-24-14-15-25(41-24)21-8-7-9-22(16-21)30(36)38-5/h7-18,28H,6H2,1-5H3/b26-17+/t28-/m1/s1. The van der Waals surface area contributed by atoms with E-state index in [9.17, 15) is 14.4 Å². The van der Waals surface area contributed by atoms with Crippen molar-refractivity contribution in [1.82, 2.24) is 4.57 Å². The molecule has 0 spiro atoms. The first-order chi connectivity index (χ1) is 20.2. The number of carbonyl (C=O) groups excluding carboxylic acids is 2. The maximum atomic E-state index is 13.9. The fourth-order valence-corrected chi connectivity index (χ4v) is 5.75. The van der Waals surface area contributed by atoms with Crippen LogP contribution in [0.5, 0.6) is 5.75 Å². The van der Waals surface area contributed by atoms with Crippen LogP contribution in [-0.2, 0) is 14.3 Å². The highest BCUT2D eigenvalue weighted by atomic mass is 32.1. The van der Waals surface area contributed by atoms with Crippen molar-refractivity contribution in [3.05, 3.63) is 109 Å². The van der Waals surface area contributed by atoms with E-state index in [0.717, 1.165) is 5.56 Å². The van der Waals surface area contributed by atoms with Gasteiger partial charge in [-0.05, 0) is 69.7 Å². The highest BCUT2D eigenvalue weighted by Crippen LogP contribution is 2.32. The van der Waals surface area contributed by atoms with Crippen LogP contribution in [0.15, 0.2) is 86.1 Å². The number of ether oxygens (including phenoxy) is 3. The third kappa shape index (κ3) is 5.71. The third-order valence-corrected chi connectivity index (χ3v) is 7.54. The number of carbonyl (C=O) groups is 2. The Labute approximate surface area is 246 Å². The lowest BCUT2D eigenvalue weighted by Gasteiger charge is -2.25. The van der Waals surface area contributed by atoms with E-state index in [1.54, 1.807) is 57.2 Å². The number of nitrogens with zero attached hydrogens (tertiary/aromatic N) is 2. The molecule has 0 fully saturated rings. The van der Waals surface area contributed by atoms with Gasteiger partial charge in [0.1, 0.15) is 17.3 Å². The number of hydrogen-bond acceptors (Lipinski definition) is 9. The first-order valence-electron chi connectivity index (χ1n) is 13.4. The second-order valence-corrected chi connectivity index (χ2v) is 10.8. The summed E-state index contributed by atoms with van der Waals surface area (Å²) in [7, 11) is 1.33. The average molecular weight is 587 g/mol. The molecule has 4 aromatic rings. The zero-order valence-electron chi connectivity index (χ0n) is 23.9. The van der Waals surface area contributed by atoms with Gasteiger partial charge in [-0.15, -0.1) is 0 Å². The van der Waals surface area contributed by atoms with Gasteiger partial charge < -0.3 is 18.6 Å². The lowest BCUT2D eigenvalue weighted by atomic mass is 9.96. The van der Waals surface area contributed by atoms with Gasteiger partial charge in [0.25, 0.3) is 5.56 Å². The van der Waals surface area contributed by atoms with Crippen molar-refractivity contribution in [3.8, 4) is 17.1 Å². The molecule has 0 N–H and O–H groups in total. The Balaban J connectivity index is 1.59. The molecule has 0 aliphatic carbocycles. The van der Waals surface area contributed by atoms with Crippen LogP contribution in [0.25, 0.3) is 17.4 Å². The molecular formula is C32H30N2O7S. The van der Waals surface area contributed by atoms with E-state index < -0.39 is 18.0 Å². The first kappa shape index (κ1) is 28.8. The van der Waals surface area contributed by atoms with Crippen molar-refractivity contribution in [3.63, 3.8) is 0 Å². The number of methoxy groups -OCH3 is 1. The summed E-state index contributed by atoms with van der Waals surface area (Å²) in [5.74, 6) is 0.697. The molecule has 5 rings (SSSR count). The summed E-state index contributed by atoms with van der Waals surface area (Å²) >= 11 is 1.21. The monoisotopic (exact) mass is 586 g/mol. The topological polar surface area (TPSA) is 109 Å². The van der Waals surface area contributed by atoms with Crippen LogP contribution in [0, 0.1) is 0 Å². The van der Waals surface area contributed by atoms with E-state index in [4.69, 9.17) is 18.6 Å². The minimum absolute atomic E-state index is 0.303.